The standard InChI is InChI=1S/C36H37NO5/c1-2-39-32-22-18-31(19-23-32)36(24-10-5-11-25-36)35(38)42-33-20-16-30(17-21-33)34(40-26-28-12-6-3-7-13-28)37-41-27-29-14-8-4-9-15-29/h3-4,6-9,12-23H,2,5,10-11,24-27H2,1H3/b37-34+. The Morgan fingerprint density at radius 2 is 1.31 bits per heavy atom. The van der Waals surface area contributed by atoms with Crippen LogP contribution >= 0.6 is 0 Å². The molecule has 0 radical (unpaired) electrons. The van der Waals surface area contributed by atoms with Gasteiger partial charge in [-0.05, 0) is 78.0 Å². The average molecular weight is 564 g/mol. The van der Waals surface area contributed by atoms with Gasteiger partial charge in [-0.3, -0.25) is 4.79 Å². The number of carbonyl (C=O) groups excluding carboxylic acids is 1. The van der Waals surface area contributed by atoms with Gasteiger partial charge in [-0.25, -0.2) is 0 Å². The van der Waals surface area contributed by atoms with E-state index in [-0.39, 0.29) is 5.97 Å². The highest BCUT2D eigenvalue weighted by Crippen LogP contribution is 2.41. The smallest absolute Gasteiger partial charge is 0.321 e. The first-order chi connectivity index (χ1) is 20.7. The largest absolute Gasteiger partial charge is 0.494 e. The van der Waals surface area contributed by atoms with Gasteiger partial charge in [-0.1, -0.05) is 92.1 Å². The fraction of sp³-hybridized carbons (Fsp3) is 0.278. The van der Waals surface area contributed by atoms with E-state index in [1.54, 1.807) is 12.1 Å². The second kappa shape index (κ2) is 14.4. The highest BCUT2D eigenvalue weighted by Gasteiger charge is 2.43. The molecular formula is C36H37NO5. The SMILES string of the molecule is CCOc1ccc(C2(C(=O)Oc3ccc(/C(=N\OCc4ccccc4)OCc4ccccc4)cc3)CCCCC2)cc1. The zero-order chi connectivity index (χ0) is 29.0. The molecule has 0 amide bonds. The molecular weight excluding hydrogens is 526 g/mol. The maximum absolute atomic E-state index is 13.7. The molecule has 0 saturated heterocycles. The van der Waals surface area contributed by atoms with Gasteiger partial charge in [0.05, 0.1) is 12.0 Å². The second-order valence-corrected chi connectivity index (χ2v) is 10.4. The maximum atomic E-state index is 13.7. The van der Waals surface area contributed by atoms with Gasteiger partial charge in [-0.15, -0.1) is 0 Å². The van der Waals surface area contributed by atoms with E-state index >= 15 is 0 Å². The van der Waals surface area contributed by atoms with Gasteiger partial charge >= 0.3 is 5.97 Å². The first kappa shape index (κ1) is 28.9. The molecule has 0 aliphatic heterocycles. The first-order valence-corrected chi connectivity index (χ1v) is 14.6. The molecule has 0 aromatic heterocycles. The normalized spacial score (nSPS) is 14.5. The Morgan fingerprint density at radius 3 is 1.93 bits per heavy atom. The van der Waals surface area contributed by atoms with E-state index in [1.807, 2.05) is 104 Å². The Bertz CT molecular complexity index is 1430. The van der Waals surface area contributed by atoms with Crippen molar-refractivity contribution >= 4 is 11.9 Å². The molecule has 1 saturated carbocycles. The summed E-state index contributed by atoms with van der Waals surface area (Å²) in [6, 6.07) is 34.9. The Labute approximate surface area is 247 Å². The molecule has 0 N–H and O–H groups in total. The van der Waals surface area contributed by atoms with E-state index in [1.165, 1.54) is 0 Å². The summed E-state index contributed by atoms with van der Waals surface area (Å²) < 4.78 is 17.7. The summed E-state index contributed by atoms with van der Waals surface area (Å²) in [5.74, 6) is 1.41. The Hall–Kier alpha value is -4.58. The molecule has 1 fully saturated rings. The minimum Gasteiger partial charge on any atom is -0.494 e. The van der Waals surface area contributed by atoms with Crippen LogP contribution in [0.3, 0.4) is 0 Å². The van der Waals surface area contributed by atoms with Gasteiger partial charge in [0.2, 0.25) is 0 Å². The molecule has 1 aliphatic rings. The molecule has 4 aromatic carbocycles. The van der Waals surface area contributed by atoms with E-state index in [9.17, 15) is 4.79 Å². The van der Waals surface area contributed by atoms with Gasteiger partial charge in [0.25, 0.3) is 5.90 Å². The van der Waals surface area contributed by atoms with Crippen LogP contribution in [-0.4, -0.2) is 18.5 Å². The van der Waals surface area contributed by atoms with Crippen molar-refractivity contribution in [3.8, 4) is 11.5 Å². The van der Waals surface area contributed by atoms with Crippen LogP contribution in [0.25, 0.3) is 0 Å². The summed E-state index contributed by atoms with van der Waals surface area (Å²) in [4.78, 5) is 19.4. The first-order valence-electron chi connectivity index (χ1n) is 14.6. The van der Waals surface area contributed by atoms with Gasteiger partial charge in [0, 0.05) is 5.56 Å². The van der Waals surface area contributed by atoms with Crippen LogP contribution in [0, 0.1) is 0 Å². The molecule has 4 aromatic rings. The molecule has 6 nitrogen and oxygen atoms in total. The third-order valence-electron chi connectivity index (χ3n) is 7.57. The summed E-state index contributed by atoms with van der Waals surface area (Å²) >= 11 is 0. The summed E-state index contributed by atoms with van der Waals surface area (Å²) in [7, 11) is 0. The van der Waals surface area contributed by atoms with Crippen molar-refractivity contribution < 1.29 is 23.8 Å². The number of oxime groups is 1. The zero-order valence-corrected chi connectivity index (χ0v) is 24.0. The number of carbonyl (C=O) groups is 1. The molecule has 6 heteroatoms. The fourth-order valence-electron chi connectivity index (χ4n) is 5.30. The van der Waals surface area contributed by atoms with Crippen molar-refractivity contribution in [2.24, 2.45) is 5.16 Å². The van der Waals surface area contributed by atoms with E-state index in [2.05, 4.69) is 5.16 Å². The van der Waals surface area contributed by atoms with E-state index < -0.39 is 5.41 Å². The third-order valence-corrected chi connectivity index (χ3v) is 7.57. The molecule has 1 aliphatic carbocycles. The van der Waals surface area contributed by atoms with E-state index in [0.29, 0.717) is 31.5 Å². The Morgan fingerprint density at radius 1 is 0.714 bits per heavy atom. The number of ether oxygens (including phenoxy) is 3. The number of benzene rings is 4. The number of esters is 1. The lowest BCUT2D eigenvalue weighted by molar-refractivity contribution is -0.142. The van der Waals surface area contributed by atoms with Crippen LogP contribution in [-0.2, 0) is 33.0 Å². The molecule has 5 rings (SSSR count). The van der Waals surface area contributed by atoms with Crippen LogP contribution in [0.15, 0.2) is 114 Å². The van der Waals surface area contributed by atoms with Crippen molar-refractivity contribution in [3.05, 3.63) is 131 Å². The van der Waals surface area contributed by atoms with Crippen molar-refractivity contribution in [1.82, 2.24) is 0 Å². The summed E-state index contributed by atoms with van der Waals surface area (Å²) in [6.45, 7) is 3.23. The predicted molar refractivity (Wildman–Crippen MR) is 163 cm³/mol. The quantitative estimate of drug-likeness (QED) is 0.0608. The van der Waals surface area contributed by atoms with Gasteiger partial charge in [0.1, 0.15) is 24.7 Å². The minimum atomic E-state index is -0.668. The summed E-state index contributed by atoms with van der Waals surface area (Å²) in [5, 5.41) is 4.32. The molecule has 42 heavy (non-hydrogen) atoms. The topological polar surface area (TPSA) is 66.4 Å². The van der Waals surface area contributed by atoms with Gasteiger partial charge < -0.3 is 19.0 Å². The Balaban J connectivity index is 1.31. The predicted octanol–water partition coefficient (Wildman–Crippen LogP) is 7.99. The highest BCUT2D eigenvalue weighted by molar-refractivity contribution is 5.94. The second-order valence-electron chi connectivity index (χ2n) is 10.4. The molecule has 0 spiro atoms. The van der Waals surface area contributed by atoms with Gasteiger partial charge in [0.15, 0.2) is 0 Å². The molecule has 0 atom stereocenters. The summed E-state index contributed by atoms with van der Waals surface area (Å²) in [5.41, 5.74) is 3.06. The monoisotopic (exact) mass is 563 g/mol. The fourth-order valence-corrected chi connectivity index (χ4v) is 5.30. The molecule has 0 unspecified atom stereocenters. The van der Waals surface area contributed by atoms with Crippen molar-refractivity contribution in [2.45, 2.75) is 57.7 Å². The Kier molecular flexibility index (Phi) is 9.89. The van der Waals surface area contributed by atoms with Crippen molar-refractivity contribution in [1.29, 1.82) is 0 Å². The number of hydrogen-bond donors (Lipinski definition) is 0. The molecule has 0 bridgehead atoms. The van der Waals surface area contributed by atoms with E-state index in [0.717, 1.165) is 60.1 Å². The zero-order valence-electron chi connectivity index (χ0n) is 24.0. The third kappa shape index (κ3) is 7.38. The average Bonchev–Trinajstić information content (AvgIpc) is 3.05. The lowest BCUT2D eigenvalue weighted by Crippen LogP contribution is -2.41. The van der Waals surface area contributed by atoms with Crippen LogP contribution in [0.2, 0.25) is 0 Å². The van der Waals surface area contributed by atoms with Crippen molar-refractivity contribution in [2.75, 3.05) is 6.61 Å². The number of nitrogens with zero attached hydrogens (tertiary/aromatic N) is 1. The lowest BCUT2D eigenvalue weighted by atomic mass is 9.69. The maximum Gasteiger partial charge on any atom is 0.321 e. The molecule has 0 heterocycles. The lowest BCUT2D eigenvalue weighted by Gasteiger charge is -2.35. The van der Waals surface area contributed by atoms with Crippen LogP contribution in [0.5, 0.6) is 11.5 Å². The van der Waals surface area contributed by atoms with Gasteiger partial charge in [-0.2, -0.15) is 0 Å². The van der Waals surface area contributed by atoms with Crippen LogP contribution in [0.1, 0.15) is 61.3 Å². The van der Waals surface area contributed by atoms with E-state index in [4.69, 9.17) is 19.0 Å². The highest BCUT2D eigenvalue weighted by atomic mass is 16.6. The summed E-state index contributed by atoms with van der Waals surface area (Å²) in [6.07, 6.45) is 4.63. The minimum absolute atomic E-state index is 0.223. The molecule has 216 valence electrons. The number of rotatable bonds is 11. The van der Waals surface area contributed by atoms with Crippen LogP contribution < -0.4 is 9.47 Å². The van der Waals surface area contributed by atoms with Crippen molar-refractivity contribution in [3.63, 3.8) is 0 Å². The number of hydrogen-bond acceptors (Lipinski definition) is 6. The van der Waals surface area contributed by atoms with Crippen LogP contribution in [0.4, 0.5) is 0 Å².